The van der Waals surface area contributed by atoms with Crippen molar-refractivity contribution in [3.05, 3.63) is 36.1 Å². The summed E-state index contributed by atoms with van der Waals surface area (Å²) in [5, 5.41) is 15.9. The van der Waals surface area contributed by atoms with Crippen molar-refractivity contribution in [2.24, 2.45) is 0 Å². The maximum atomic E-state index is 10.7. The maximum absolute atomic E-state index is 10.7. The Morgan fingerprint density at radius 1 is 1.62 bits per heavy atom. The van der Waals surface area contributed by atoms with Gasteiger partial charge in [0.05, 0.1) is 18.6 Å². The van der Waals surface area contributed by atoms with E-state index >= 15 is 0 Å². The van der Waals surface area contributed by atoms with Crippen LogP contribution >= 0.6 is 0 Å². The second-order valence-corrected chi connectivity index (χ2v) is 2.98. The van der Waals surface area contributed by atoms with Crippen molar-refractivity contribution in [3.63, 3.8) is 0 Å². The molecule has 0 saturated carbocycles. The van der Waals surface area contributed by atoms with Gasteiger partial charge in [0, 0.05) is 6.20 Å². The van der Waals surface area contributed by atoms with E-state index in [0.717, 1.165) is 6.34 Å². The molecular weight excluding hydrogens is 208 g/mol. The minimum Gasteiger partial charge on any atom is -0.477 e. The highest BCUT2D eigenvalue weighted by Gasteiger charge is 2.07. The van der Waals surface area contributed by atoms with Crippen LogP contribution < -0.4 is 0 Å². The van der Waals surface area contributed by atoms with Crippen LogP contribution in [0.15, 0.2) is 24.7 Å². The molecule has 0 aliphatic carbocycles. The minimum atomic E-state index is -1.09. The lowest BCUT2D eigenvalue weighted by Gasteiger charge is -2.12. The van der Waals surface area contributed by atoms with Gasteiger partial charge in [-0.15, -0.1) is 0 Å². The van der Waals surface area contributed by atoms with Gasteiger partial charge in [-0.2, -0.15) is 0 Å². The average Bonchev–Trinajstić information content (AvgIpc) is 2.29. The molecule has 1 heterocycles. The van der Waals surface area contributed by atoms with Crippen molar-refractivity contribution in [1.29, 1.82) is 5.41 Å². The number of nitrogens with one attached hydrogen (secondary N) is 1. The molecule has 0 spiro atoms. The van der Waals surface area contributed by atoms with E-state index in [2.05, 4.69) is 9.97 Å². The highest BCUT2D eigenvalue weighted by molar-refractivity contribution is 5.85. The van der Waals surface area contributed by atoms with E-state index in [0.29, 0.717) is 12.2 Å². The van der Waals surface area contributed by atoms with Crippen molar-refractivity contribution in [1.82, 2.24) is 14.9 Å². The van der Waals surface area contributed by atoms with Crippen molar-refractivity contribution >= 4 is 12.3 Å². The standard InChI is InChI=1S/C10H12N4O2/c1-2-3-14(6-11)5-8-4-9(10(15)16)13-7-12-8/h2-4,6-7,11H,5H2,1H3,(H,15,16)/b3-2-,11-6?. The second-order valence-electron chi connectivity index (χ2n) is 2.98. The molecule has 0 radical (unpaired) electrons. The number of hydrogen-bond acceptors (Lipinski definition) is 4. The summed E-state index contributed by atoms with van der Waals surface area (Å²) < 4.78 is 0. The zero-order valence-electron chi connectivity index (χ0n) is 8.79. The Balaban J connectivity index is 2.84. The Morgan fingerprint density at radius 3 is 2.94 bits per heavy atom. The van der Waals surface area contributed by atoms with E-state index in [1.54, 1.807) is 17.2 Å². The summed E-state index contributed by atoms with van der Waals surface area (Å²) in [6.45, 7) is 2.18. The van der Waals surface area contributed by atoms with Crippen molar-refractivity contribution in [2.45, 2.75) is 13.5 Å². The highest BCUT2D eigenvalue weighted by atomic mass is 16.4. The number of aromatic carboxylic acids is 1. The molecule has 0 aliphatic rings. The second kappa shape index (κ2) is 5.59. The first-order chi connectivity index (χ1) is 7.67. The van der Waals surface area contributed by atoms with E-state index in [1.807, 2.05) is 6.92 Å². The lowest BCUT2D eigenvalue weighted by Crippen LogP contribution is -2.15. The maximum Gasteiger partial charge on any atom is 0.354 e. The van der Waals surface area contributed by atoms with Gasteiger partial charge in [0.2, 0.25) is 0 Å². The van der Waals surface area contributed by atoms with E-state index in [4.69, 9.17) is 10.5 Å². The molecule has 0 amide bonds. The van der Waals surface area contributed by atoms with Crippen LogP contribution in [0.3, 0.4) is 0 Å². The van der Waals surface area contributed by atoms with Gasteiger partial charge in [0.1, 0.15) is 6.33 Å². The normalized spacial score (nSPS) is 10.3. The number of allylic oxidation sites excluding steroid dienone is 1. The summed E-state index contributed by atoms with van der Waals surface area (Å²) >= 11 is 0. The largest absolute Gasteiger partial charge is 0.477 e. The SMILES string of the molecule is C/C=C\N(C=N)Cc1cc(C(=O)O)ncn1. The van der Waals surface area contributed by atoms with Crippen LogP contribution in [-0.4, -0.2) is 32.3 Å². The zero-order chi connectivity index (χ0) is 12.0. The summed E-state index contributed by atoms with van der Waals surface area (Å²) in [5.74, 6) is -1.09. The number of aromatic nitrogens is 2. The number of carboxylic acids is 1. The summed E-state index contributed by atoms with van der Waals surface area (Å²) in [4.78, 5) is 19.8. The summed E-state index contributed by atoms with van der Waals surface area (Å²) in [6.07, 6.45) is 5.83. The molecular formula is C10H12N4O2. The Morgan fingerprint density at radius 2 is 2.38 bits per heavy atom. The Hall–Kier alpha value is -2.24. The van der Waals surface area contributed by atoms with Crippen molar-refractivity contribution in [2.75, 3.05) is 0 Å². The Labute approximate surface area is 92.8 Å². The van der Waals surface area contributed by atoms with E-state index in [-0.39, 0.29) is 5.69 Å². The molecule has 1 rings (SSSR count). The van der Waals surface area contributed by atoms with Crippen molar-refractivity contribution < 1.29 is 9.90 Å². The molecule has 0 unspecified atom stereocenters. The van der Waals surface area contributed by atoms with Gasteiger partial charge >= 0.3 is 5.97 Å². The van der Waals surface area contributed by atoms with Gasteiger partial charge < -0.3 is 10.0 Å². The first-order valence-corrected chi connectivity index (χ1v) is 4.60. The topological polar surface area (TPSA) is 90.2 Å². The third-order valence-corrected chi connectivity index (χ3v) is 1.79. The van der Waals surface area contributed by atoms with Crippen LogP contribution in [0.5, 0.6) is 0 Å². The molecule has 6 heteroatoms. The lowest BCUT2D eigenvalue weighted by atomic mass is 10.3. The molecule has 2 N–H and O–H groups in total. The first-order valence-electron chi connectivity index (χ1n) is 4.60. The van der Waals surface area contributed by atoms with Gasteiger partial charge in [-0.25, -0.2) is 14.8 Å². The monoisotopic (exact) mass is 220 g/mol. The first kappa shape index (κ1) is 11.8. The van der Waals surface area contributed by atoms with Gasteiger partial charge in [-0.3, -0.25) is 5.41 Å². The summed E-state index contributed by atoms with van der Waals surface area (Å²) in [7, 11) is 0. The Kier molecular flexibility index (Phi) is 4.14. The molecule has 1 aromatic heterocycles. The van der Waals surface area contributed by atoms with E-state index < -0.39 is 5.97 Å². The number of carbonyl (C=O) groups is 1. The molecule has 84 valence electrons. The molecule has 0 fully saturated rings. The van der Waals surface area contributed by atoms with E-state index in [1.165, 1.54) is 12.4 Å². The van der Waals surface area contributed by atoms with Crippen LogP contribution in [0.1, 0.15) is 23.1 Å². The van der Waals surface area contributed by atoms with Crippen LogP contribution in [0.25, 0.3) is 0 Å². The molecule has 0 saturated heterocycles. The third kappa shape index (κ3) is 3.16. The molecule has 0 aliphatic heterocycles. The number of nitrogens with zero attached hydrogens (tertiary/aromatic N) is 3. The number of hydrogen-bond donors (Lipinski definition) is 2. The minimum absolute atomic E-state index is 0.0459. The van der Waals surface area contributed by atoms with E-state index in [9.17, 15) is 4.79 Å². The van der Waals surface area contributed by atoms with Gasteiger partial charge in [-0.05, 0) is 13.0 Å². The number of rotatable bonds is 5. The van der Waals surface area contributed by atoms with Gasteiger partial charge in [0.25, 0.3) is 0 Å². The van der Waals surface area contributed by atoms with Gasteiger partial charge in [0.15, 0.2) is 5.69 Å². The lowest BCUT2D eigenvalue weighted by molar-refractivity contribution is 0.0690. The molecule has 0 aromatic carbocycles. The van der Waals surface area contributed by atoms with Crippen LogP contribution in [-0.2, 0) is 6.54 Å². The zero-order valence-corrected chi connectivity index (χ0v) is 8.79. The van der Waals surface area contributed by atoms with Crippen LogP contribution in [0, 0.1) is 5.41 Å². The van der Waals surface area contributed by atoms with Crippen molar-refractivity contribution in [3.8, 4) is 0 Å². The van der Waals surface area contributed by atoms with Crippen LogP contribution in [0.2, 0.25) is 0 Å². The molecule has 0 bridgehead atoms. The number of carboxylic acid groups (broad SMARTS) is 1. The Bertz CT molecular complexity index is 417. The molecule has 16 heavy (non-hydrogen) atoms. The fourth-order valence-electron chi connectivity index (χ4n) is 1.12. The van der Waals surface area contributed by atoms with Gasteiger partial charge in [-0.1, -0.05) is 6.08 Å². The molecule has 1 aromatic rings. The predicted octanol–water partition coefficient (Wildman–Crippen LogP) is 1.12. The fourth-order valence-corrected chi connectivity index (χ4v) is 1.12. The predicted molar refractivity (Wildman–Crippen MR) is 58.1 cm³/mol. The van der Waals surface area contributed by atoms with Crippen LogP contribution in [0.4, 0.5) is 0 Å². The highest BCUT2D eigenvalue weighted by Crippen LogP contribution is 2.02. The third-order valence-electron chi connectivity index (χ3n) is 1.79. The summed E-state index contributed by atoms with van der Waals surface area (Å²) in [6, 6.07) is 1.39. The average molecular weight is 220 g/mol. The summed E-state index contributed by atoms with van der Waals surface area (Å²) in [5.41, 5.74) is 0.504. The molecule has 0 atom stereocenters. The smallest absolute Gasteiger partial charge is 0.354 e. The fraction of sp³-hybridized carbons (Fsp3) is 0.200. The molecule has 6 nitrogen and oxygen atoms in total. The quantitative estimate of drug-likeness (QED) is 0.573.